The van der Waals surface area contributed by atoms with Crippen molar-refractivity contribution < 1.29 is 20.0 Å². The van der Waals surface area contributed by atoms with Gasteiger partial charge in [0.25, 0.3) is 0 Å². The number of fused-ring (bicyclic) bond motifs is 5. The molecule has 3 fully saturated rings. The first-order chi connectivity index (χ1) is 16.0. The lowest BCUT2D eigenvalue weighted by Crippen LogP contribution is -2.75. The van der Waals surface area contributed by atoms with Crippen molar-refractivity contribution in [2.45, 2.75) is 113 Å². The highest BCUT2D eigenvalue weighted by molar-refractivity contribution is 5.35. The Hall–Kier alpha value is -0.460. The summed E-state index contributed by atoms with van der Waals surface area (Å²) in [5, 5.41) is 22.4. The maximum absolute atomic E-state index is 12.2. The predicted molar refractivity (Wildman–Crippen MR) is 141 cm³/mol. The van der Waals surface area contributed by atoms with E-state index in [-0.39, 0.29) is 58.2 Å². The van der Waals surface area contributed by atoms with Crippen molar-refractivity contribution in [1.82, 2.24) is 0 Å². The van der Waals surface area contributed by atoms with Crippen molar-refractivity contribution in [2.75, 3.05) is 6.61 Å². The van der Waals surface area contributed by atoms with Gasteiger partial charge in [-0.05, 0) is 66.6 Å². The SMILES string of the molecule is CC1=C2C(C)C(C)[C@]3(C)C(C)CC4OCC4(O)C3C(C)C(C)(CC1[C@@H](OO)C(C)C(C)N)C2(C)C. The van der Waals surface area contributed by atoms with Crippen molar-refractivity contribution in [3.8, 4) is 0 Å². The molecule has 0 aromatic heterocycles. The molecule has 4 rings (SSSR count). The molecule has 1 heterocycles. The minimum Gasteiger partial charge on any atom is -0.384 e. The summed E-state index contributed by atoms with van der Waals surface area (Å²) in [6, 6.07) is -0.0812. The molecular weight excluding hydrogens is 438 g/mol. The molecule has 0 spiro atoms. The molecule has 13 atom stereocenters. The Bertz CT molecular complexity index is 868. The van der Waals surface area contributed by atoms with E-state index >= 15 is 0 Å². The highest BCUT2D eigenvalue weighted by Crippen LogP contribution is 2.72. The van der Waals surface area contributed by atoms with Crippen LogP contribution in [0.15, 0.2) is 11.1 Å². The molecule has 0 aromatic rings. The molecule has 5 heteroatoms. The molecule has 2 bridgehead atoms. The van der Waals surface area contributed by atoms with E-state index < -0.39 is 5.60 Å². The second kappa shape index (κ2) is 8.53. The lowest BCUT2D eigenvalue weighted by molar-refractivity contribution is -0.339. The van der Waals surface area contributed by atoms with Crippen LogP contribution in [0.25, 0.3) is 0 Å². The van der Waals surface area contributed by atoms with Gasteiger partial charge in [0.1, 0.15) is 11.7 Å². The molecule has 1 aliphatic heterocycles. The lowest BCUT2D eigenvalue weighted by atomic mass is 9.36. The fraction of sp³-hybridized carbons (Fsp3) is 0.933. The topological polar surface area (TPSA) is 84.9 Å². The summed E-state index contributed by atoms with van der Waals surface area (Å²) < 4.78 is 6.00. The van der Waals surface area contributed by atoms with Gasteiger partial charge in [0.05, 0.1) is 12.7 Å². The average Bonchev–Trinajstić information content (AvgIpc) is 2.77. The second-order valence-corrected chi connectivity index (χ2v) is 14.4. The third kappa shape index (κ3) is 3.37. The largest absolute Gasteiger partial charge is 0.384 e. The van der Waals surface area contributed by atoms with Gasteiger partial charge >= 0.3 is 0 Å². The zero-order valence-corrected chi connectivity index (χ0v) is 24.2. The van der Waals surface area contributed by atoms with Crippen molar-refractivity contribution in [1.29, 1.82) is 0 Å². The summed E-state index contributed by atoms with van der Waals surface area (Å²) in [5.74, 6) is 1.70. The molecule has 4 aliphatic rings. The van der Waals surface area contributed by atoms with Gasteiger partial charge in [-0.3, -0.25) is 5.26 Å². The number of aliphatic hydroxyl groups is 1. The molecular formula is C30H53NO4. The number of allylic oxidation sites excluding steroid dienone is 1. The van der Waals surface area contributed by atoms with Gasteiger partial charge in [0.2, 0.25) is 0 Å². The normalized spacial score (nSPS) is 51.8. The number of nitrogens with two attached hydrogens (primary N) is 1. The minimum absolute atomic E-state index is 0.00403. The lowest BCUT2D eigenvalue weighted by Gasteiger charge is -2.71. The highest BCUT2D eigenvalue weighted by Gasteiger charge is 2.71. The molecule has 11 unspecified atom stereocenters. The van der Waals surface area contributed by atoms with Crippen LogP contribution < -0.4 is 5.73 Å². The Morgan fingerprint density at radius 3 is 2.14 bits per heavy atom. The van der Waals surface area contributed by atoms with E-state index in [9.17, 15) is 10.4 Å². The van der Waals surface area contributed by atoms with Gasteiger partial charge in [-0.25, -0.2) is 4.89 Å². The van der Waals surface area contributed by atoms with E-state index in [1.807, 2.05) is 6.92 Å². The molecule has 0 radical (unpaired) electrons. The van der Waals surface area contributed by atoms with E-state index in [2.05, 4.69) is 69.2 Å². The zero-order chi connectivity index (χ0) is 26.5. The summed E-state index contributed by atoms with van der Waals surface area (Å²) in [4.78, 5) is 5.26. The van der Waals surface area contributed by atoms with Crippen molar-refractivity contribution in [3.05, 3.63) is 11.1 Å². The fourth-order valence-corrected chi connectivity index (χ4v) is 9.96. The van der Waals surface area contributed by atoms with Crippen molar-refractivity contribution >= 4 is 0 Å². The van der Waals surface area contributed by atoms with E-state index in [0.29, 0.717) is 24.4 Å². The Balaban J connectivity index is 1.96. The Labute approximate surface area is 214 Å². The summed E-state index contributed by atoms with van der Waals surface area (Å²) in [7, 11) is 0. The number of hydrogen-bond donors (Lipinski definition) is 3. The standard InChI is InChI=1S/C30H53NO4/c1-15-12-23-30(32,14-34-23)26-20(6)28(10)13-22(25(35-33)17(3)21(7)31)18(4)24(27(28,8)9)16(2)19(5)29(15,26)11/h15-17,19-23,25-26,32-33H,12-14,31H2,1-11H3/t15?,16?,17?,19?,20?,21?,22?,23?,25-,26?,28?,29-,30?/m0/s1. The van der Waals surface area contributed by atoms with Crippen LogP contribution in [0, 0.1) is 57.7 Å². The maximum atomic E-state index is 12.2. The quantitative estimate of drug-likeness (QED) is 0.259. The van der Waals surface area contributed by atoms with Gasteiger partial charge < -0.3 is 15.6 Å². The molecule has 0 amide bonds. The number of rotatable bonds is 4. The number of hydrogen-bond acceptors (Lipinski definition) is 5. The maximum Gasteiger partial charge on any atom is 0.118 e. The summed E-state index contributed by atoms with van der Waals surface area (Å²) in [6.45, 7) is 26.2. The van der Waals surface area contributed by atoms with Gasteiger partial charge in [-0.1, -0.05) is 73.5 Å². The fourth-order valence-electron chi connectivity index (χ4n) is 9.96. The van der Waals surface area contributed by atoms with Crippen molar-refractivity contribution in [2.24, 2.45) is 63.4 Å². The van der Waals surface area contributed by atoms with E-state index in [0.717, 1.165) is 12.8 Å². The molecule has 1 saturated heterocycles. The minimum atomic E-state index is -0.775. The second-order valence-electron chi connectivity index (χ2n) is 14.4. The molecule has 5 nitrogen and oxygen atoms in total. The molecule has 4 N–H and O–H groups in total. The van der Waals surface area contributed by atoms with Crippen LogP contribution >= 0.6 is 0 Å². The monoisotopic (exact) mass is 491 g/mol. The molecule has 2 saturated carbocycles. The zero-order valence-electron chi connectivity index (χ0n) is 24.2. The van der Waals surface area contributed by atoms with E-state index in [4.69, 9.17) is 15.4 Å². The Kier molecular flexibility index (Phi) is 6.72. The van der Waals surface area contributed by atoms with Gasteiger partial charge in [0, 0.05) is 23.8 Å². The van der Waals surface area contributed by atoms with Gasteiger partial charge in [-0.15, -0.1) is 0 Å². The third-order valence-electron chi connectivity index (χ3n) is 13.2. The van der Waals surface area contributed by atoms with E-state index in [1.165, 1.54) is 11.1 Å². The molecule has 202 valence electrons. The molecule has 3 aliphatic carbocycles. The first kappa shape index (κ1) is 27.6. The Morgan fingerprint density at radius 1 is 1.06 bits per heavy atom. The summed E-state index contributed by atoms with van der Waals surface area (Å²) in [5.41, 5.74) is 8.29. The van der Waals surface area contributed by atoms with Gasteiger partial charge in [0.15, 0.2) is 0 Å². The van der Waals surface area contributed by atoms with Gasteiger partial charge in [-0.2, -0.15) is 0 Å². The van der Waals surface area contributed by atoms with Crippen LogP contribution in [0.5, 0.6) is 0 Å². The van der Waals surface area contributed by atoms with Crippen LogP contribution in [0.3, 0.4) is 0 Å². The molecule has 35 heavy (non-hydrogen) atoms. The number of ether oxygens (including phenoxy) is 1. The first-order valence-electron chi connectivity index (χ1n) is 14.1. The first-order valence-corrected chi connectivity index (χ1v) is 14.1. The van der Waals surface area contributed by atoms with Crippen molar-refractivity contribution in [3.63, 3.8) is 0 Å². The van der Waals surface area contributed by atoms with Crippen LogP contribution in [-0.4, -0.2) is 40.8 Å². The Morgan fingerprint density at radius 2 is 1.66 bits per heavy atom. The van der Waals surface area contributed by atoms with Crippen LogP contribution in [0.2, 0.25) is 0 Å². The third-order valence-corrected chi connectivity index (χ3v) is 13.2. The van der Waals surface area contributed by atoms with E-state index in [1.54, 1.807) is 0 Å². The molecule has 0 aromatic carbocycles. The van der Waals surface area contributed by atoms with Crippen LogP contribution in [0.1, 0.15) is 89.0 Å². The van der Waals surface area contributed by atoms with Crippen LogP contribution in [-0.2, 0) is 9.62 Å². The summed E-state index contributed by atoms with van der Waals surface area (Å²) in [6.07, 6.45) is 1.42. The smallest absolute Gasteiger partial charge is 0.118 e. The summed E-state index contributed by atoms with van der Waals surface area (Å²) >= 11 is 0. The average molecular weight is 492 g/mol. The van der Waals surface area contributed by atoms with Crippen LogP contribution in [0.4, 0.5) is 0 Å². The highest BCUT2D eigenvalue weighted by atomic mass is 17.1. The predicted octanol–water partition coefficient (Wildman–Crippen LogP) is 5.91.